The van der Waals surface area contributed by atoms with E-state index in [0.717, 1.165) is 11.1 Å². The molecular formula is C18H14N4O4. The molecule has 0 saturated carbocycles. The number of pyridine rings is 1. The Hall–Kier alpha value is -3.81. The number of furan rings is 1. The Labute approximate surface area is 148 Å². The van der Waals surface area contributed by atoms with Crippen LogP contribution in [0.25, 0.3) is 11.3 Å². The molecule has 3 rings (SSSR count). The van der Waals surface area contributed by atoms with Crippen LogP contribution in [0.4, 0.5) is 5.69 Å². The third kappa shape index (κ3) is 3.81. The summed E-state index contributed by atoms with van der Waals surface area (Å²) in [7, 11) is 0. The number of carbonyl (C=O) groups excluding carboxylic acids is 1. The van der Waals surface area contributed by atoms with Crippen LogP contribution < -0.4 is 5.43 Å². The van der Waals surface area contributed by atoms with Crippen molar-refractivity contribution < 1.29 is 14.1 Å². The van der Waals surface area contributed by atoms with E-state index in [1.807, 2.05) is 0 Å². The molecule has 0 radical (unpaired) electrons. The van der Waals surface area contributed by atoms with Crippen LogP contribution >= 0.6 is 0 Å². The van der Waals surface area contributed by atoms with Crippen LogP contribution in [-0.2, 0) is 0 Å². The lowest BCUT2D eigenvalue weighted by atomic mass is 10.1. The minimum absolute atomic E-state index is 0.0248. The first-order valence-corrected chi connectivity index (χ1v) is 7.64. The highest BCUT2D eigenvalue weighted by molar-refractivity contribution is 5.92. The number of aromatic nitrogens is 1. The summed E-state index contributed by atoms with van der Waals surface area (Å²) in [5.41, 5.74) is 4.11. The summed E-state index contributed by atoms with van der Waals surface area (Å²) in [5.74, 6) is 0.550. The highest BCUT2D eigenvalue weighted by Gasteiger charge is 2.12. The Balaban J connectivity index is 1.70. The van der Waals surface area contributed by atoms with Gasteiger partial charge in [-0.15, -0.1) is 0 Å². The van der Waals surface area contributed by atoms with Crippen molar-refractivity contribution in [3.05, 3.63) is 81.9 Å². The summed E-state index contributed by atoms with van der Waals surface area (Å²) in [4.78, 5) is 26.1. The van der Waals surface area contributed by atoms with Crippen LogP contribution in [0.15, 0.2) is 64.2 Å². The molecule has 3 aromatic rings. The third-order valence-electron chi connectivity index (χ3n) is 3.57. The molecule has 26 heavy (non-hydrogen) atoms. The Kier molecular flexibility index (Phi) is 4.84. The maximum absolute atomic E-state index is 11.8. The molecule has 8 nitrogen and oxygen atoms in total. The molecule has 0 aliphatic heterocycles. The zero-order valence-corrected chi connectivity index (χ0v) is 13.7. The van der Waals surface area contributed by atoms with E-state index in [-0.39, 0.29) is 11.4 Å². The third-order valence-corrected chi connectivity index (χ3v) is 3.57. The van der Waals surface area contributed by atoms with Crippen molar-refractivity contribution in [1.82, 2.24) is 10.4 Å². The van der Waals surface area contributed by atoms with Gasteiger partial charge in [-0.1, -0.05) is 6.07 Å². The van der Waals surface area contributed by atoms with E-state index in [1.165, 1.54) is 24.5 Å². The largest absolute Gasteiger partial charge is 0.455 e. The summed E-state index contributed by atoms with van der Waals surface area (Å²) < 4.78 is 5.65. The number of benzene rings is 1. The quantitative estimate of drug-likeness (QED) is 0.431. The molecule has 1 amide bonds. The number of hydrogen-bond acceptors (Lipinski definition) is 6. The number of hydrogen-bond donors (Lipinski definition) is 1. The van der Waals surface area contributed by atoms with E-state index in [2.05, 4.69) is 15.5 Å². The number of nitro groups is 1. The lowest BCUT2D eigenvalue weighted by Gasteiger charge is -2.02. The number of nitro benzene ring substituents is 1. The smallest absolute Gasteiger partial charge is 0.289 e. The van der Waals surface area contributed by atoms with Gasteiger partial charge in [0.1, 0.15) is 17.2 Å². The number of nitrogens with zero attached hydrogens (tertiary/aromatic N) is 3. The van der Waals surface area contributed by atoms with Crippen molar-refractivity contribution in [2.75, 3.05) is 0 Å². The molecule has 0 bridgehead atoms. The molecule has 1 N–H and O–H groups in total. The van der Waals surface area contributed by atoms with E-state index in [9.17, 15) is 14.9 Å². The summed E-state index contributed by atoms with van der Waals surface area (Å²) in [6, 6.07) is 13.0. The lowest BCUT2D eigenvalue weighted by molar-refractivity contribution is -0.384. The van der Waals surface area contributed by atoms with E-state index >= 15 is 0 Å². The number of non-ortho nitro benzene ring substituents is 1. The maximum Gasteiger partial charge on any atom is 0.289 e. The van der Waals surface area contributed by atoms with Crippen LogP contribution in [0, 0.1) is 17.0 Å². The van der Waals surface area contributed by atoms with E-state index in [0.29, 0.717) is 11.5 Å². The molecule has 8 heteroatoms. The summed E-state index contributed by atoms with van der Waals surface area (Å²) in [5, 5.41) is 14.6. The number of rotatable bonds is 5. The fraction of sp³-hybridized carbons (Fsp3) is 0.0556. The van der Waals surface area contributed by atoms with Gasteiger partial charge in [-0.3, -0.25) is 19.9 Å². The van der Waals surface area contributed by atoms with Crippen molar-refractivity contribution in [1.29, 1.82) is 0 Å². The Morgan fingerprint density at radius 1 is 1.27 bits per heavy atom. The van der Waals surface area contributed by atoms with Crippen LogP contribution in [-0.4, -0.2) is 22.0 Å². The van der Waals surface area contributed by atoms with Crippen molar-refractivity contribution in [2.45, 2.75) is 6.92 Å². The van der Waals surface area contributed by atoms with Crippen molar-refractivity contribution in [2.24, 2.45) is 5.10 Å². The standard InChI is InChI=1S/C18H14N4O4/c1-12-10-13(22(24)25)5-7-15(12)17-8-6-14(26-17)11-20-21-18(23)16-4-2-3-9-19-16/h2-11H,1H3,(H,21,23)/b20-11+. The zero-order chi connectivity index (χ0) is 18.5. The Morgan fingerprint density at radius 2 is 2.12 bits per heavy atom. The highest BCUT2D eigenvalue weighted by Crippen LogP contribution is 2.28. The molecule has 2 heterocycles. The average molecular weight is 350 g/mol. The fourth-order valence-corrected chi connectivity index (χ4v) is 2.31. The summed E-state index contributed by atoms with van der Waals surface area (Å²) in [6.45, 7) is 1.77. The molecule has 2 aromatic heterocycles. The SMILES string of the molecule is Cc1cc([N+](=O)[O-])ccc1-c1ccc(/C=N/NC(=O)c2ccccn2)o1. The molecule has 0 unspecified atom stereocenters. The van der Waals surface area contributed by atoms with Gasteiger partial charge in [-0.25, -0.2) is 5.43 Å². The Morgan fingerprint density at radius 3 is 2.81 bits per heavy atom. The van der Waals surface area contributed by atoms with Gasteiger partial charge in [-0.2, -0.15) is 5.10 Å². The lowest BCUT2D eigenvalue weighted by Crippen LogP contribution is -2.18. The zero-order valence-electron chi connectivity index (χ0n) is 13.7. The first kappa shape index (κ1) is 17.0. The molecule has 0 fully saturated rings. The maximum atomic E-state index is 11.8. The van der Waals surface area contributed by atoms with Crippen LogP contribution in [0.2, 0.25) is 0 Å². The molecule has 0 aliphatic rings. The monoisotopic (exact) mass is 350 g/mol. The fourth-order valence-electron chi connectivity index (χ4n) is 2.31. The van der Waals surface area contributed by atoms with E-state index in [1.54, 1.807) is 43.3 Å². The molecule has 130 valence electrons. The molecule has 1 aromatic carbocycles. The second-order valence-electron chi connectivity index (χ2n) is 5.37. The number of amides is 1. The van der Waals surface area contributed by atoms with Gasteiger partial charge in [0.2, 0.25) is 0 Å². The molecule has 0 spiro atoms. The minimum atomic E-state index is -0.443. The van der Waals surface area contributed by atoms with Gasteiger partial charge in [0.15, 0.2) is 0 Å². The molecule has 0 aliphatic carbocycles. The topological polar surface area (TPSA) is 111 Å². The number of nitrogens with one attached hydrogen (secondary N) is 1. The van der Waals surface area contributed by atoms with Crippen LogP contribution in [0.3, 0.4) is 0 Å². The first-order chi connectivity index (χ1) is 12.5. The van der Waals surface area contributed by atoms with Gasteiger partial charge in [0, 0.05) is 23.9 Å². The van der Waals surface area contributed by atoms with Crippen molar-refractivity contribution in [3.8, 4) is 11.3 Å². The first-order valence-electron chi connectivity index (χ1n) is 7.64. The summed E-state index contributed by atoms with van der Waals surface area (Å²) in [6.07, 6.45) is 2.88. The predicted octanol–water partition coefficient (Wildman–Crippen LogP) is 3.32. The Bertz CT molecular complexity index is 980. The molecule has 0 saturated heterocycles. The van der Waals surface area contributed by atoms with Crippen LogP contribution in [0.1, 0.15) is 21.8 Å². The normalized spacial score (nSPS) is 10.8. The van der Waals surface area contributed by atoms with E-state index < -0.39 is 10.8 Å². The van der Waals surface area contributed by atoms with Gasteiger partial charge in [0.25, 0.3) is 11.6 Å². The second kappa shape index (κ2) is 7.39. The predicted molar refractivity (Wildman–Crippen MR) is 94.8 cm³/mol. The van der Waals surface area contributed by atoms with Crippen molar-refractivity contribution >= 4 is 17.8 Å². The van der Waals surface area contributed by atoms with Gasteiger partial charge in [-0.05, 0) is 42.8 Å². The number of hydrazone groups is 1. The second-order valence-corrected chi connectivity index (χ2v) is 5.37. The van der Waals surface area contributed by atoms with Gasteiger partial charge in [0.05, 0.1) is 11.1 Å². The van der Waals surface area contributed by atoms with Gasteiger partial charge >= 0.3 is 0 Å². The number of carbonyl (C=O) groups is 1. The highest BCUT2D eigenvalue weighted by atomic mass is 16.6. The van der Waals surface area contributed by atoms with Gasteiger partial charge < -0.3 is 4.42 Å². The minimum Gasteiger partial charge on any atom is -0.455 e. The molecule has 0 atom stereocenters. The van der Waals surface area contributed by atoms with E-state index in [4.69, 9.17) is 4.42 Å². The van der Waals surface area contributed by atoms with Crippen LogP contribution in [0.5, 0.6) is 0 Å². The average Bonchev–Trinajstić information content (AvgIpc) is 3.10. The summed E-state index contributed by atoms with van der Waals surface area (Å²) >= 11 is 0. The number of aryl methyl sites for hydroxylation is 1. The molecular weight excluding hydrogens is 336 g/mol. The van der Waals surface area contributed by atoms with Crippen molar-refractivity contribution in [3.63, 3.8) is 0 Å².